The van der Waals surface area contributed by atoms with Crippen molar-refractivity contribution in [3.8, 4) is 11.5 Å². The van der Waals surface area contributed by atoms with Crippen LogP contribution in [0.3, 0.4) is 0 Å². The van der Waals surface area contributed by atoms with Crippen LogP contribution in [0.4, 0.5) is 0 Å². The number of oxazole rings is 1. The second-order valence-corrected chi connectivity index (χ2v) is 6.38. The Labute approximate surface area is 151 Å². The minimum Gasteiger partial charge on any atom is -0.486 e. The van der Waals surface area contributed by atoms with Crippen LogP contribution in [0.2, 0.25) is 0 Å². The van der Waals surface area contributed by atoms with E-state index in [1.165, 1.54) is 0 Å². The van der Waals surface area contributed by atoms with Crippen LogP contribution in [0.5, 0.6) is 11.5 Å². The summed E-state index contributed by atoms with van der Waals surface area (Å²) in [5.41, 5.74) is 1.46. The van der Waals surface area contributed by atoms with Gasteiger partial charge in [0.15, 0.2) is 17.1 Å². The van der Waals surface area contributed by atoms with Crippen molar-refractivity contribution in [3.63, 3.8) is 0 Å². The maximum atomic E-state index is 12.1. The minimum atomic E-state index is -0.312. The van der Waals surface area contributed by atoms with Crippen LogP contribution in [-0.4, -0.2) is 41.8 Å². The summed E-state index contributed by atoms with van der Waals surface area (Å²) in [6, 6.07) is 15.2. The molecule has 0 saturated carbocycles. The lowest BCUT2D eigenvalue weighted by Gasteiger charge is -2.30. The third-order valence-electron chi connectivity index (χ3n) is 4.69. The molecule has 4 rings (SSSR count). The molecule has 0 spiro atoms. The smallest absolute Gasteiger partial charge is 0.419 e. The molecule has 2 aromatic carbocycles. The maximum absolute atomic E-state index is 12.1. The molecule has 1 aliphatic heterocycles. The number of rotatable bonds is 6. The number of hydrogen-bond donors (Lipinski definition) is 0. The van der Waals surface area contributed by atoms with Crippen LogP contribution in [-0.2, 0) is 6.54 Å². The molecule has 0 saturated heterocycles. The van der Waals surface area contributed by atoms with Gasteiger partial charge in [-0.2, -0.15) is 0 Å². The molecule has 1 aromatic heterocycles. The van der Waals surface area contributed by atoms with E-state index in [-0.39, 0.29) is 11.9 Å². The van der Waals surface area contributed by atoms with Crippen LogP contribution in [0.25, 0.3) is 11.1 Å². The predicted molar refractivity (Wildman–Crippen MR) is 98.9 cm³/mol. The first kappa shape index (κ1) is 16.7. The lowest BCUT2D eigenvalue weighted by molar-refractivity contribution is 0.0591. The standard InChI is InChI=1S/C20H22N2O4/c1-2-21(13-15-14-24-18-9-5-6-10-19(18)25-15)11-12-22-16-7-3-4-8-17(16)26-20(22)23/h3-10,15H,2,11-14H2,1H3. The minimum absolute atomic E-state index is 0.0253. The first-order valence-electron chi connectivity index (χ1n) is 8.94. The SMILES string of the molecule is CCN(CCn1c(=O)oc2ccccc21)CC1COc2ccccc2O1. The summed E-state index contributed by atoms with van der Waals surface area (Å²) < 4.78 is 18.8. The third-order valence-corrected chi connectivity index (χ3v) is 4.69. The van der Waals surface area contributed by atoms with Crippen LogP contribution in [0.1, 0.15) is 6.92 Å². The normalized spacial score (nSPS) is 16.3. The van der Waals surface area contributed by atoms with Gasteiger partial charge in [-0.05, 0) is 30.8 Å². The average molecular weight is 354 g/mol. The van der Waals surface area contributed by atoms with E-state index < -0.39 is 0 Å². The second-order valence-electron chi connectivity index (χ2n) is 6.38. The third kappa shape index (κ3) is 3.32. The maximum Gasteiger partial charge on any atom is 0.419 e. The van der Waals surface area contributed by atoms with Crippen molar-refractivity contribution in [3.05, 3.63) is 59.1 Å². The molecule has 26 heavy (non-hydrogen) atoms. The van der Waals surface area contributed by atoms with Gasteiger partial charge in [-0.15, -0.1) is 0 Å². The monoisotopic (exact) mass is 354 g/mol. The topological polar surface area (TPSA) is 56.8 Å². The Hall–Kier alpha value is -2.73. The fourth-order valence-corrected chi connectivity index (χ4v) is 3.29. The van der Waals surface area contributed by atoms with Crippen molar-refractivity contribution in [1.82, 2.24) is 9.47 Å². The second kappa shape index (κ2) is 7.25. The molecule has 3 aromatic rings. The number of benzene rings is 2. The highest BCUT2D eigenvalue weighted by atomic mass is 16.6. The van der Waals surface area contributed by atoms with Gasteiger partial charge >= 0.3 is 5.76 Å². The molecular weight excluding hydrogens is 332 g/mol. The van der Waals surface area contributed by atoms with Crippen molar-refractivity contribution in [1.29, 1.82) is 0 Å². The molecule has 0 amide bonds. The zero-order valence-electron chi connectivity index (χ0n) is 14.8. The predicted octanol–water partition coefficient (Wildman–Crippen LogP) is 2.76. The fourth-order valence-electron chi connectivity index (χ4n) is 3.29. The zero-order valence-corrected chi connectivity index (χ0v) is 14.8. The lowest BCUT2D eigenvalue weighted by atomic mass is 10.2. The van der Waals surface area contributed by atoms with Gasteiger partial charge in [-0.1, -0.05) is 31.2 Å². The van der Waals surface area contributed by atoms with E-state index in [9.17, 15) is 4.79 Å². The molecule has 0 N–H and O–H groups in total. The molecule has 6 nitrogen and oxygen atoms in total. The number of likely N-dealkylation sites (N-methyl/N-ethyl adjacent to an activating group) is 1. The van der Waals surface area contributed by atoms with Gasteiger partial charge in [0.25, 0.3) is 0 Å². The van der Waals surface area contributed by atoms with Gasteiger partial charge < -0.3 is 13.9 Å². The van der Waals surface area contributed by atoms with Gasteiger partial charge in [0.2, 0.25) is 0 Å². The lowest BCUT2D eigenvalue weighted by Crippen LogP contribution is -2.42. The summed E-state index contributed by atoms with van der Waals surface area (Å²) in [7, 11) is 0. The van der Waals surface area contributed by atoms with Gasteiger partial charge in [0.05, 0.1) is 5.52 Å². The molecule has 1 atom stereocenters. The first-order chi connectivity index (χ1) is 12.7. The van der Waals surface area contributed by atoms with Crippen LogP contribution in [0, 0.1) is 0 Å². The molecule has 0 radical (unpaired) electrons. The van der Waals surface area contributed by atoms with Gasteiger partial charge in [-0.25, -0.2) is 4.79 Å². The van der Waals surface area contributed by atoms with Crippen molar-refractivity contribution in [2.45, 2.75) is 19.6 Å². The van der Waals surface area contributed by atoms with E-state index in [1.807, 2.05) is 48.5 Å². The molecule has 0 aliphatic carbocycles. The molecule has 0 fully saturated rings. The summed E-state index contributed by atoms with van der Waals surface area (Å²) in [5, 5.41) is 0. The molecule has 1 unspecified atom stereocenters. The molecule has 1 aliphatic rings. The van der Waals surface area contributed by atoms with E-state index in [0.29, 0.717) is 18.7 Å². The Balaban J connectivity index is 1.41. The highest BCUT2D eigenvalue weighted by molar-refractivity contribution is 5.72. The van der Waals surface area contributed by atoms with Crippen LogP contribution < -0.4 is 15.2 Å². The number of aromatic nitrogens is 1. The quantitative estimate of drug-likeness (QED) is 0.681. The number of hydrogen-bond acceptors (Lipinski definition) is 5. The summed E-state index contributed by atoms with van der Waals surface area (Å²) in [5.74, 6) is 1.27. The molecular formula is C20H22N2O4. The zero-order chi connectivity index (χ0) is 17.9. The van der Waals surface area contributed by atoms with Crippen LogP contribution in [0.15, 0.2) is 57.7 Å². The van der Waals surface area contributed by atoms with E-state index in [1.54, 1.807) is 4.57 Å². The summed E-state index contributed by atoms with van der Waals surface area (Å²) in [6.07, 6.45) is -0.0253. The van der Waals surface area contributed by atoms with E-state index >= 15 is 0 Å². The number of nitrogens with zero attached hydrogens (tertiary/aromatic N) is 2. The summed E-state index contributed by atoms with van der Waals surface area (Å²) in [4.78, 5) is 14.4. The first-order valence-corrected chi connectivity index (χ1v) is 8.94. The average Bonchev–Trinajstić information content (AvgIpc) is 3.00. The van der Waals surface area contributed by atoms with E-state index in [0.717, 1.165) is 36.6 Å². The van der Waals surface area contributed by atoms with E-state index in [2.05, 4.69) is 11.8 Å². The molecule has 136 valence electrons. The van der Waals surface area contributed by atoms with Gasteiger partial charge in [0, 0.05) is 19.6 Å². The van der Waals surface area contributed by atoms with E-state index in [4.69, 9.17) is 13.9 Å². The molecule has 6 heteroatoms. The van der Waals surface area contributed by atoms with Crippen molar-refractivity contribution in [2.75, 3.05) is 26.2 Å². The largest absolute Gasteiger partial charge is 0.486 e. The Bertz CT molecular complexity index is 946. The Morgan fingerprint density at radius 2 is 1.88 bits per heavy atom. The Morgan fingerprint density at radius 3 is 2.73 bits per heavy atom. The summed E-state index contributed by atoms with van der Waals surface area (Å²) >= 11 is 0. The summed E-state index contributed by atoms with van der Waals surface area (Å²) in [6.45, 7) is 5.56. The van der Waals surface area contributed by atoms with Crippen LogP contribution >= 0.6 is 0 Å². The number of fused-ring (bicyclic) bond motifs is 2. The molecule has 2 heterocycles. The number of para-hydroxylation sites is 4. The Morgan fingerprint density at radius 1 is 1.12 bits per heavy atom. The van der Waals surface area contributed by atoms with Crippen molar-refractivity contribution >= 4 is 11.1 Å². The van der Waals surface area contributed by atoms with Gasteiger partial charge in [-0.3, -0.25) is 9.47 Å². The van der Waals surface area contributed by atoms with Gasteiger partial charge in [0.1, 0.15) is 12.7 Å². The Kier molecular flexibility index (Phi) is 4.67. The molecule has 0 bridgehead atoms. The van der Waals surface area contributed by atoms with Crippen molar-refractivity contribution in [2.24, 2.45) is 0 Å². The highest BCUT2D eigenvalue weighted by Gasteiger charge is 2.22. The highest BCUT2D eigenvalue weighted by Crippen LogP contribution is 2.31. The van der Waals surface area contributed by atoms with Crippen molar-refractivity contribution < 1.29 is 13.9 Å². The number of ether oxygens (including phenoxy) is 2. The fraction of sp³-hybridized carbons (Fsp3) is 0.350.